The van der Waals surface area contributed by atoms with Crippen molar-refractivity contribution in [3.8, 4) is 11.4 Å². The van der Waals surface area contributed by atoms with Gasteiger partial charge in [-0.15, -0.1) is 0 Å². The summed E-state index contributed by atoms with van der Waals surface area (Å²) in [6.45, 7) is 28.4. The molecule has 372 valence electrons. The molecule has 75 heavy (non-hydrogen) atoms. The summed E-state index contributed by atoms with van der Waals surface area (Å²) >= 11 is 0. The highest BCUT2D eigenvalue weighted by Gasteiger charge is 2.44. The number of nitrogens with zero attached hydrogens (tertiary/aromatic N) is 4. The molecule has 1 atom stereocenters. The smallest absolute Gasteiger partial charge is 0.0951 e. The molecule has 1 unspecified atom stereocenters. The fraction of sp³-hybridized carbons (Fsp3) is 0.239. The summed E-state index contributed by atoms with van der Waals surface area (Å²) in [5, 5.41) is 5.21. The van der Waals surface area contributed by atoms with E-state index in [-0.39, 0.29) is 27.6 Å². The molecule has 2 aliphatic rings. The summed E-state index contributed by atoms with van der Waals surface area (Å²) in [6.07, 6.45) is 0. The summed E-state index contributed by atoms with van der Waals surface area (Å²) < 4.78 is 5.38. The van der Waals surface area contributed by atoms with Crippen LogP contribution in [0.1, 0.15) is 128 Å². The highest BCUT2D eigenvalue weighted by atomic mass is 15.2. The predicted molar refractivity (Wildman–Crippen MR) is 320 cm³/mol. The van der Waals surface area contributed by atoms with Crippen LogP contribution < -0.4 is 9.80 Å². The second kappa shape index (κ2) is 16.3. The van der Waals surface area contributed by atoms with E-state index >= 15 is 0 Å². The van der Waals surface area contributed by atoms with Gasteiger partial charge in [0.05, 0.1) is 44.8 Å². The molecule has 0 spiro atoms. The fourth-order valence-electron chi connectivity index (χ4n) is 12.4. The van der Waals surface area contributed by atoms with E-state index < -0.39 is 0 Å². The molecule has 0 amide bonds. The summed E-state index contributed by atoms with van der Waals surface area (Å²) in [7, 11) is 0. The normalized spacial score (nSPS) is 14.3. The first-order valence-electron chi connectivity index (χ1n) is 27.1. The maximum absolute atomic E-state index is 2.71. The van der Waals surface area contributed by atoms with E-state index in [1.165, 1.54) is 93.9 Å². The monoisotopic (exact) mass is 977 g/mol. The quantitative estimate of drug-likeness (QED) is 0.165. The molecule has 9 aromatic carbocycles. The molecule has 2 aliphatic heterocycles. The van der Waals surface area contributed by atoms with Crippen molar-refractivity contribution in [1.29, 1.82) is 0 Å². The van der Waals surface area contributed by atoms with Crippen LogP contribution in [0.2, 0.25) is 0 Å². The van der Waals surface area contributed by atoms with Gasteiger partial charge < -0.3 is 18.9 Å². The van der Waals surface area contributed by atoms with Crippen LogP contribution >= 0.6 is 0 Å². The van der Waals surface area contributed by atoms with Gasteiger partial charge in [0, 0.05) is 55.8 Å². The molecular weight excluding hydrogens is 909 g/mol. The lowest BCUT2D eigenvalue weighted by atomic mass is 9.73. The van der Waals surface area contributed by atoms with Crippen LogP contribution in [-0.2, 0) is 21.7 Å². The van der Waals surface area contributed by atoms with E-state index in [0.29, 0.717) is 0 Å². The number of benzene rings is 9. The van der Waals surface area contributed by atoms with Crippen LogP contribution in [0.15, 0.2) is 188 Å². The molecular formula is C71H68N4. The molecule has 0 N–H and O–H groups in total. The summed E-state index contributed by atoms with van der Waals surface area (Å²) in [5.74, 6) is -0.106. The third-order valence-corrected chi connectivity index (χ3v) is 16.4. The molecule has 0 aliphatic carbocycles. The zero-order valence-electron chi connectivity index (χ0n) is 45.8. The number of hydrogen-bond donors (Lipinski definition) is 0. The summed E-state index contributed by atoms with van der Waals surface area (Å²) in [6, 6.07) is 71.7. The third-order valence-electron chi connectivity index (χ3n) is 16.4. The van der Waals surface area contributed by atoms with E-state index in [1.54, 1.807) is 0 Å². The standard InChI is InChI=1S/C71H68N4/c1-68(2,3)44-33-35-58-52(37-44)54-39-46(70(7,8)9)41-56-62-57-42-47(71(10,11)12)40-55-53-38-45(69(4,5)6)34-36-59(53)75(65(55)57)67-63(62)60(74(58)64(54)56)43-61(72(48-25-17-13-18-26-48)49-27-19-14-20-28-49)66(67)73(50-29-21-15-22-30-50)51-31-23-16-24-32-51/h13-43,62H,1-12H3. The Hall–Kier alpha value is -7.82. The molecule has 0 bridgehead atoms. The Morgan fingerprint density at radius 2 is 0.707 bits per heavy atom. The van der Waals surface area contributed by atoms with Crippen molar-refractivity contribution in [2.24, 2.45) is 0 Å². The molecule has 0 fully saturated rings. The first kappa shape index (κ1) is 46.9. The van der Waals surface area contributed by atoms with Crippen LogP contribution in [0.4, 0.5) is 34.1 Å². The highest BCUT2D eigenvalue weighted by molar-refractivity contribution is 6.17. The third kappa shape index (κ3) is 7.23. The Kier molecular flexibility index (Phi) is 10.2. The van der Waals surface area contributed by atoms with Gasteiger partial charge >= 0.3 is 0 Å². The van der Waals surface area contributed by atoms with Crippen LogP contribution in [-0.4, -0.2) is 9.13 Å². The topological polar surface area (TPSA) is 16.3 Å². The molecule has 0 saturated carbocycles. The summed E-state index contributed by atoms with van der Waals surface area (Å²) in [5.41, 5.74) is 23.1. The lowest BCUT2D eigenvalue weighted by Gasteiger charge is -2.42. The van der Waals surface area contributed by atoms with E-state index in [9.17, 15) is 0 Å². The molecule has 13 rings (SSSR count). The number of aromatic nitrogens is 2. The number of fused-ring (bicyclic) bond motifs is 10. The van der Waals surface area contributed by atoms with Crippen molar-refractivity contribution < 1.29 is 0 Å². The van der Waals surface area contributed by atoms with E-state index in [4.69, 9.17) is 0 Å². The zero-order chi connectivity index (χ0) is 52.1. The maximum atomic E-state index is 2.71. The lowest BCUT2D eigenvalue weighted by Crippen LogP contribution is -2.27. The number of para-hydroxylation sites is 4. The van der Waals surface area contributed by atoms with Crippen LogP contribution in [0, 0.1) is 0 Å². The van der Waals surface area contributed by atoms with E-state index in [1.807, 2.05) is 0 Å². The van der Waals surface area contributed by atoms with Crippen molar-refractivity contribution in [1.82, 2.24) is 9.13 Å². The zero-order valence-corrected chi connectivity index (χ0v) is 45.8. The maximum Gasteiger partial charge on any atom is 0.0951 e. The van der Waals surface area contributed by atoms with E-state index in [2.05, 4.69) is 290 Å². The van der Waals surface area contributed by atoms with Gasteiger partial charge in [0.2, 0.25) is 0 Å². The van der Waals surface area contributed by atoms with Gasteiger partial charge in [0.25, 0.3) is 0 Å². The molecule has 4 heterocycles. The number of rotatable bonds is 6. The molecule has 4 nitrogen and oxygen atoms in total. The molecule has 4 heteroatoms. The Labute approximate surface area is 443 Å². The minimum absolute atomic E-state index is 0.0352. The van der Waals surface area contributed by atoms with Crippen LogP contribution in [0.25, 0.3) is 55.0 Å². The SMILES string of the molecule is CC(C)(C)c1ccc2c(c1)c1cc(C(C)(C)C)cc3c1n2-c1cc(N(c2ccccc2)c2ccccc2)c(N(c2ccccc2)c2ccccc2)c2c1C3c1cc(C(C)(C)C)cc3c4cc(C(C)(C)C)ccc4n-2c13. The van der Waals surface area contributed by atoms with Crippen LogP contribution in [0.5, 0.6) is 0 Å². The second-order valence-corrected chi connectivity index (χ2v) is 25.5. The minimum Gasteiger partial charge on any atom is -0.308 e. The Morgan fingerprint density at radius 1 is 0.347 bits per heavy atom. The summed E-state index contributed by atoms with van der Waals surface area (Å²) in [4.78, 5) is 5.06. The van der Waals surface area contributed by atoms with E-state index in [0.717, 1.165) is 34.1 Å². The second-order valence-electron chi connectivity index (χ2n) is 25.5. The molecule has 2 aromatic heterocycles. The first-order chi connectivity index (χ1) is 35.8. The van der Waals surface area contributed by atoms with Gasteiger partial charge in [-0.2, -0.15) is 0 Å². The van der Waals surface area contributed by atoms with Gasteiger partial charge in [-0.1, -0.05) is 180 Å². The van der Waals surface area contributed by atoms with Crippen molar-refractivity contribution in [2.75, 3.05) is 9.80 Å². The fourth-order valence-corrected chi connectivity index (χ4v) is 12.4. The van der Waals surface area contributed by atoms with Crippen molar-refractivity contribution >= 4 is 77.7 Å². The number of anilines is 6. The van der Waals surface area contributed by atoms with Gasteiger partial charge in [0.1, 0.15) is 0 Å². The van der Waals surface area contributed by atoms with Gasteiger partial charge in [-0.05, 0) is 146 Å². The molecule has 11 aromatic rings. The average molecular weight is 977 g/mol. The Balaban J connectivity index is 1.34. The Morgan fingerprint density at radius 3 is 1.11 bits per heavy atom. The van der Waals surface area contributed by atoms with Gasteiger partial charge in [-0.25, -0.2) is 0 Å². The lowest BCUT2D eigenvalue weighted by molar-refractivity contribution is 0.588. The predicted octanol–water partition coefficient (Wildman–Crippen LogP) is 19.8. The van der Waals surface area contributed by atoms with Gasteiger partial charge in [-0.3, -0.25) is 0 Å². The molecule has 0 saturated heterocycles. The minimum atomic E-state index is -0.113. The molecule has 0 radical (unpaired) electrons. The van der Waals surface area contributed by atoms with Crippen molar-refractivity contribution in [3.63, 3.8) is 0 Å². The first-order valence-corrected chi connectivity index (χ1v) is 27.1. The highest BCUT2D eigenvalue weighted by Crippen LogP contribution is 2.62. The van der Waals surface area contributed by atoms with Gasteiger partial charge in [0.15, 0.2) is 0 Å². The van der Waals surface area contributed by atoms with Crippen molar-refractivity contribution in [3.05, 3.63) is 227 Å². The largest absolute Gasteiger partial charge is 0.308 e. The Bertz CT molecular complexity index is 3990. The van der Waals surface area contributed by atoms with Crippen molar-refractivity contribution in [2.45, 2.75) is 111 Å². The number of hydrogen-bond acceptors (Lipinski definition) is 2. The van der Waals surface area contributed by atoms with Crippen LogP contribution in [0.3, 0.4) is 0 Å². The average Bonchev–Trinajstić information content (AvgIpc) is 3.99.